The van der Waals surface area contributed by atoms with E-state index in [1.807, 2.05) is 42.6 Å². The molecule has 1 saturated carbocycles. The quantitative estimate of drug-likeness (QED) is 0.543. The zero-order valence-electron chi connectivity index (χ0n) is 18.7. The van der Waals surface area contributed by atoms with E-state index in [0.717, 1.165) is 35.3 Å². The lowest BCUT2D eigenvalue weighted by Crippen LogP contribution is -2.60. The first-order valence-electron chi connectivity index (χ1n) is 11.3. The number of benzene rings is 1. The molecule has 0 amide bonds. The van der Waals surface area contributed by atoms with Gasteiger partial charge in [0, 0.05) is 32.4 Å². The molecular weight excluding hydrogens is 436 g/mol. The number of H-pyrrole nitrogens is 1. The number of rotatable bonds is 7. The van der Waals surface area contributed by atoms with Gasteiger partial charge in [0.1, 0.15) is 17.8 Å². The first-order chi connectivity index (χ1) is 16.0. The number of piperazine rings is 1. The number of anilines is 1. The van der Waals surface area contributed by atoms with Crippen molar-refractivity contribution in [2.45, 2.75) is 31.7 Å². The predicted molar refractivity (Wildman–Crippen MR) is 129 cm³/mol. The second-order valence-corrected chi connectivity index (χ2v) is 10.5. The third kappa shape index (κ3) is 4.22. The van der Waals surface area contributed by atoms with E-state index >= 15 is 0 Å². The van der Waals surface area contributed by atoms with Crippen LogP contribution in [-0.4, -0.2) is 70.2 Å². The van der Waals surface area contributed by atoms with Crippen LogP contribution in [0, 0.1) is 11.8 Å². The molecule has 2 aromatic heterocycles. The van der Waals surface area contributed by atoms with E-state index < -0.39 is 10.2 Å². The maximum atomic E-state index is 13.8. The second-order valence-electron chi connectivity index (χ2n) is 8.66. The average molecular weight is 465 g/mol. The van der Waals surface area contributed by atoms with Gasteiger partial charge in [0.15, 0.2) is 0 Å². The first-order valence-corrected chi connectivity index (χ1v) is 12.7. The van der Waals surface area contributed by atoms with E-state index in [9.17, 15) is 8.42 Å². The van der Waals surface area contributed by atoms with E-state index in [1.165, 1.54) is 0 Å². The Morgan fingerprint density at radius 1 is 1.15 bits per heavy atom. The van der Waals surface area contributed by atoms with Crippen LogP contribution >= 0.6 is 0 Å². The van der Waals surface area contributed by atoms with Gasteiger partial charge in [0.2, 0.25) is 0 Å². The van der Waals surface area contributed by atoms with Gasteiger partial charge in [-0.3, -0.25) is 0 Å². The van der Waals surface area contributed by atoms with Crippen molar-refractivity contribution in [2.75, 3.05) is 37.6 Å². The van der Waals surface area contributed by atoms with Crippen molar-refractivity contribution < 1.29 is 8.42 Å². The largest absolute Gasteiger partial charge is 0.353 e. The van der Waals surface area contributed by atoms with Gasteiger partial charge in [-0.15, -0.1) is 5.92 Å². The van der Waals surface area contributed by atoms with Crippen LogP contribution in [0.2, 0.25) is 0 Å². The van der Waals surface area contributed by atoms with Gasteiger partial charge in [0.05, 0.1) is 17.5 Å². The maximum absolute atomic E-state index is 13.8. The highest BCUT2D eigenvalue weighted by Gasteiger charge is 2.57. The molecule has 3 aromatic rings. The van der Waals surface area contributed by atoms with Crippen molar-refractivity contribution in [1.29, 1.82) is 0 Å². The molecule has 1 aliphatic carbocycles. The molecule has 0 bridgehead atoms. The van der Waals surface area contributed by atoms with Gasteiger partial charge in [-0.1, -0.05) is 36.3 Å². The first kappa shape index (κ1) is 21.9. The van der Waals surface area contributed by atoms with Crippen molar-refractivity contribution >= 4 is 27.1 Å². The lowest BCUT2D eigenvalue weighted by atomic mass is 10.1. The van der Waals surface area contributed by atoms with Gasteiger partial charge >= 0.3 is 0 Å². The number of aromatic nitrogens is 3. The van der Waals surface area contributed by atoms with Crippen LogP contribution in [0.4, 0.5) is 5.82 Å². The normalized spacial score (nSPS) is 17.9. The summed E-state index contributed by atoms with van der Waals surface area (Å²) in [4.78, 5) is 14.1. The molecule has 0 radical (unpaired) electrons. The van der Waals surface area contributed by atoms with Crippen molar-refractivity contribution in [3.63, 3.8) is 0 Å². The number of nitrogens with zero attached hydrogens (tertiary/aromatic N) is 5. The SMILES string of the molecule is CC#CCN(CCc1ccccc1)S(=O)(=O)N1CCN(c2ncnc3[nH]ccc23)CC12CC2. The van der Waals surface area contributed by atoms with Gasteiger partial charge in [0.25, 0.3) is 10.2 Å². The van der Waals surface area contributed by atoms with Crippen molar-refractivity contribution in [1.82, 2.24) is 23.6 Å². The Balaban J connectivity index is 1.37. The number of fused-ring (bicyclic) bond motifs is 1. The summed E-state index contributed by atoms with van der Waals surface area (Å²) in [5.41, 5.74) is 1.53. The lowest BCUT2D eigenvalue weighted by Gasteiger charge is -2.43. The standard InChI is InChI=1S/C24H28N6O2S/c1-2-3-14-29(15-10-20-7-5-4-6-8-20)33(31,32)30-17-16-28(18-24(30)11-12-24)23-21-9-13-25-22(21)26-19-27-23/h4-9,13,19H,10-12,14-18H2,1H3,(H,25,26,27). The van der Waals surface area contributed by atoms with Gasteiger partial charge in [-0.25, -0.2) is 9.97 Å². The van der Waals surface area contributed by atoms with Crippen LogP contribution in [-0.2, 0) is 16.6 Å². The number of nitrogens with one attached hydrogen (secondary N) is 1. The third-order valence-corrected chi connectivity index (χ3v) is 8.67. The fourth-order valence-corrected chi connectivity index (χ4v) is 6.52. The van der Waals surface area contributed by atoms with Crippen LogP contribution < -0.4 is 4.90 Å². The molecule has 2 aliphatic rings. The summed E-state index contributed by atoms with van der Waals surface area (Å²) in [5.74, 6) is 6.68. The summed E-state index contributed by atoms with van der Waals surface area (Å²) >= 11 is 0. The van der Waals surface area contributed by atoms with Crippen LogP contribution in [0.1, 0.15) is 25.3 Å². The van der Waals surface area contributed by atoms with Crippen LogP contribution in [0.5, 0.6) is 0 Å². The molecule has 5 rings (SSSR count). The Kier molecular flexibility index (Phi) is 5.83. The second kappa shape index (κ2) is 8.78. The fraction of sp³-hybridized carbons (Fsp3) is 0.417. The minimum absolute atomic E-state index is 0.206. The molecule has 0 atom stereocenters. The molecule has 8 nitrogen and oxygen atoms in total. The molecule has 9 heteroatoms. The van der Waals surface area contributed by atoms with Crippen LogP contribution in [0.3, 0.4) is 0 Å². The Labute approximate surface area is 194 Å². The van der Waals surface area contributed by atoms with Crippen LogP contribution in [0.25, 0.3) is 11.0 Å². The topological polar surface area (TPSA) is 85.4 Å². The number of hydrogen-bond donors (Lipinski definition) is 1. The molecule has 3 heterocycles. The zero-order chi connectivity index (χ0) is 22.9. The highest BCUT2D eigenvalue weighted by atomic mass is 32.2. The van der Waals surface area contributed by atoms with Gasteiger partial charge in [-0.2, -0.15) is 17.0 Å². The van der Waals surface area contributed by atoms with Crippen molar-refractivity contribution in [2.24, 2.45) is 0 Å². The summed E-state index contributed by atoms with van der Waals surface area (Å²) in [5, 5.41) is 0.965. The monoisotopic (exact) mass is 464 g/mol. The Morgan fingerprint density at radius 2 is 1.97 bits per heavy atom. The molecule has 2 fully saturated rings. The maximum Gasteiger partial charge on any atom is 0.283 e. The Bertz CT molecular complexity index is 1290. The van der Waals surface area contributed by atoms with E-state index in [4.69, 9.17) is 0 Å². The van der Waals surface area contributed by atoms with E-state index in [1.54, 1.807) is 21.9 Å². The van der Waals surface area contributed by atoms with E-state index in [-0.39, 0.29) is 12.1 Å². The zero-order valence-corrected chi connectivity index (χ0v) is 19.6. The molecule has 1 aliphatic heterocycles. The highest BCUT2D eigenvalue weighted by Crippen LogP contribution is 2.47. The summed E-state index contributed by atoms with van der Waals surface area (Å²) in [7, 11) is -3.65. The van der Waals surface area contributed by atoms with Crippen molar-refractivity contribution in [3.8, 4) is 11.8 Å². The lowest BCUT2D eigenvalue weighted by molar-refractivity contribution is 0.248. The average Bonchev–Trinajstić information content (AvgIpc) is 3.40. The Hall–Kier alpha value is -2.93. The molecule has 172 valence electrons. The van der Waals surface area contributed by atoms with Crippen LogP contribution in [0.15, 0.2) is 48.9 Å². The van der Waals surface area contributed by atoms with Gasteiger partial charge in [-0.05, 0) is 37.8 Å². The summed E-state index contributed by atoms with van der Waals surface area (Å²) < 4.78 is 30.9. The third-order valence-electron chi connectivity index (χ3n) is 6.58. The van der Waals surface area contributed by atoms with E-state index in [0.29, 0.717) is 32.6 Å². The Morgan fingerprint density at radius 3 is 2.73 bits per heavy atom. The summed E-state index contributed by atoms with van der Waals surface area (Å²) in [6, 6.07) is 12.0. The van der Waals surface area contributed by atoms with Gasteiger partial charge < -0.3 is 9.88 Å². The summed E-state index contributed by atoms with van der Waals surface area (Å²) in [6.45, 7) is 4.01. The van der Waals surface area contributed by atoms with E-state index in [2.05, 4.69) is 31.7 Å². The minimum Gasteiger partial charge on any atom is -0.353 e. The smallest absolute Gasteiger partial charge is 0.283 e. The molecule has 1 aromatic carbocycles. The molecule has 1 N–H and O–H groups in total. The molecule has 0 unspecified atom stereocenters. The highest BCUT2D eigenvalue weighted by molar-refractivity contribution is 7.86. The predicted octanol–water partition coefficient (Wildman–Crippen LogP) is 2.43. The van der Waals surface area contributed by atoms with Crippen molar-refractivity contribution in [3.05, 3.63) is 54.5 Å². The summed E-state index contributed by atoms with van der Waals surface area (Å²) in [6.07, 6.45) is 5.79. The molecule has 1 saturated heterocycles. The number of aromatic amines is 1. The fourth-order valence-electron chi connectivity index (χ4n) is 4.65. The number of hydrogen-bond acceptors (Lipinski definition) is 5. The molecular formula is C24H28N6O2S. The molecule has 33 heavy (non-hydrogen) atoms. The molecule has 1 spiro atoms. The minimum atomic E-state index is -3.65.